The number of carbonyl (C=O) groups excluding carboxylic acids is 1. The van der Waals surface area contributed by atoms with Crippen molar-refractivity contribution in [2.75, 3.05) is 18.8 Å². The molecule has 108 valence electrons. The molecule has 0 aliphatic carbocycles. The van der Waals surface area contributed by atoms with Crippen LogP contribution in [0.15, 0.2) is 18.2 Å². The minimum absolute atomic E-state index is 0.0555. The van der Waals surface area contributed by atoms with Crippen LogP contribution in [0.4, 0.5) is 10.1 Å². The molecular weight excluding hydrogens is 275 g/mol. The van der Waals surface area contributed by atoms with E-state index in [2.05, 4.69) is 6.92 Å². The predicted octanol–water partition coefficient (Wildman–Crippen LogP) is 3.88. The summed E-state index contributed by atoms with van der Waals surface area (Å²) in [6, 6.07) is 4.45. The lowest BCUT2D eigenvalue weighted by atomic mass is 10.2. The van der Waals surface area contributed by atoms with Gasteiger partial charge in [0.2, 0.25) is 0 Å². The summed E-state index contributed by atoms with van der Waals surface area (Å²) >= 11 is 1.33. The molecule has 0 aliphatic rings. The second-order valence-corrected chi connectivity index (χ2v) is 5.78. The second-order valence-electron chi connectivity index (χ2n) is 4.72. The van der Waals surface area contributed by atoms with Crippen LogP contribution in [-0.2, 0) is 0 Å². The lowest BCUT2D eigenvalue weighted by molar-refractivity contribution is 0.0768. The molecule has 0 radical (unpaired) electrons. The molecule has 0 unspecified atom stereocenters. The number of amides is 1. The highest BCUT2D eigenvalue weighted by Crippen LogP contribution is 2.34. The second kappa shape index (κ2) is 6.22. The minimum Gasteiger partial charge on any atom is -0.397 e. The molecule has 2 rings (SSSR count). The topological polar surface area (TPSA) is 46.3 Å². The number of unbranched alkanes of at least 4 members (excludes halogenated alkanes) is 1. The maximum absolute atomic E-state index is 13.3. The molecule has 0 bridgehead atoms. The first-order valence-corrected chi connectivity index (χ1v) is 7.66. The van der Waals surface area contributed by atoms with Crippen molar-refractivity contribution in [1.29, 1.82) is 0 Å². The van der Waals surface area contributed by atoms with Gasteiger partial charge in [-0.1, -0.05) is 13.3 Å². The molecular formula is C15H19FN2OS. The van der Waals surface area contributed by atoms with E-state index in [9.17, 15) is 9.18 Å². The van der Waals surface area contributed by atoms with Gasteiger partial charge in [-0.05, 0) is 31.5 Å². The van der Waals surface area contributed by atoms with Crippen LogP contribution in [0.3, 0.4) is 0 Å². The van der Waals surface area contributed by atoms with Gasteiger partial charge in [0, 0.05) is 23.2 Å². The summed E-state index contributed by atoms with van der Waals surface area (Å²) in [6.45, 7) is 5.43. The first-order valence-electron chi connectivity index (χ1n) is 6.85. The molecule has 1 aromatic heterocycles. The number of nitrogen functional groups attached to an aromatic ring is 1. The third kappa shape index (κ3) is 2.77. The fourth-order valence-electron chi connectivity index (χ4n) is 2.14. The van der Waals surface area contributed by atoms with Gasteiger partial charge in [0.05, 0.1) is 5.69 Å². The number of benzene rings is 1. The molecule has 0 fully saturated rings. The van der Waals surface area contributed by atoms with E-state index in [1.807, 2.05) is 6.92 Å². The highest BCUT2D eigenvalue weighted by molar-refractivity contribution is 7.21. The third-order valence-electron chi connectivity index (χ3n) is 3.33. The molecule has 2 aromatic rings. The molecule has 0 saturated heterocycles. The molecule has 0 saturated carbocycles. The van der Waals surface area contributed by atoms with Gasteiger partial charge in [-0.15, -0.1) is 11.3 Å². The molecule has 1 aromatic carbocycles. The van der Waals surface area contributed by atoms with E-state index in [-0.39, 0.29) is 11.7 Å². The average Bonchev–Trinajstić information content (AvgIpc) is 2.76. The number of thiophene rings is 1. The average molecular weight is 294 g/mol. The quantitative estimate of drug-likeness (QED) is 0.909. The van der Waals surface area contributed by atoms with Crippen LogP contribution in [-0.4, -0.2) is 23.9 Å². The zero-order valence-electron chi connectivity index (χ0n) is 11.8. The van der Waals surface area contributed by atoms with Gasteiger partial charge in [-0.25, -0.2) is 4.39 Å². The number of nitrogens with zero attached hydrogens (tertiary/aromatic N) is 1. The number of rotatable bonds is 5. The summed E-state index contributed by atoms with van der Waals surface area (Å²) in [5.74, 6) is -0.389. The Hall–Kier alpha value is -1.62. The fourth-order valence-corrected chi connectivity index (χ4v) is 3.21. The van der Waals surface area contributed by atoms with Crippen LogP contribution in [0.1, 0.15) is 36.4 Å². The number of hydrogen-bond donors (Lipinski definition) is 1. The number of carbonyl (C=O) groups is 1. The molecule has 1 heterocycles. The maximum Gasteiger partial charge on any atom is 0.266 e. The Morgan fingerprint density at radius 2 is 2.15 bits per heavy atom. The van der Waals surface area contributed by atoms with E-state index in [1.165, 1.54) is 23.5 Å². The van der Waals surface area contributed by atoms with Crippen LogP contribution in [0.25, 0.3) is 10.1 Å². The van der Waals surface area contributed by atoms with E-state index >= 15 is 0 Å². The van der Waals surface area contributed by atoms with Gasteiger partial charge >= 0.3 is 0 Å². The summed E-state index contributed by atoms with van der Waals surface area (Å²) in [4.78, 5) is 14.8. The molecule has 0 atom stereocenters. The monoisotopic (exact) mass is 294 g/mol. The Kier molecular flexibility index (Phi) is 4.60. The maximum atomic E-state index is 13.3. The fraction of sp³-hybridized carbons (Fsp3) is 0.400. The smallest absolute Gasteiger partial charge is 0.266 e. The van der Waals surface area contributed by atoms with Crippen molar-refractivity contribution < 1.29 is 9.18 Å². The van der Waals surface area contributed by atoms with Crippen molar-refractivity contribution in [3.05, 3.63) is 28.9 Å². The van der Waals surface area contributed by atoms with Crippen molar-refractivity contribution >= 4 is 33.0 Å². The summed E-state index contributed by atoms with van der Waals surface area (Å²) in [7, 11) is 0. The summed E-state index contributed by atoms with van der Waals surface area (Å²) in [5.41, 5.74) is 6.42. The van der Waals surface area contributed by atoms with Crippen LogP contribution in [0.5, 0.6) is 0 Å². The van der Waals surface area contributed by atoms with Gasteiger partial charge in [-0.3, -0.25) is 4.79 Å². The number of hydrogen-bond acceptors (Lipinski definition) is 3. The highest BCUT2D eigenvalue weighted by Gasteiger charge is 2.21. The normalized spacial score (nSPS) is 10.9. The molecule has 5 heteroatoms. The Morgan fingerprint density at radius 1 is 1.40 bits per heavy atom. The largest absolute Gasteiger partial charge is 0.397 e. The van der Waals surface area contributed by atoms with Gasteiger partial charge in [-0.2, -0.15) is 0 Å². The Morgan fingerprint density at radius 3 is 2.80 bits per heavy atom. The van der Waals surface area contributed by atoms with Crippen LogP contribution < -0.4 is 5.73 Å². The van der Waals surface area contributed by atoms with Crippen LogP contribution in [0, 0.1) is 5.82 Å². The zero-order valence-corrected chi connectivity index (χ0v) is 12.6. The van der Waals surface area contributed by atoms with Gasteiger partial charge in [0.15, 0.2) is 0 Å². The Bertz CT molecular complexity index is 624. The molecule has 2 N–H and O–H groups in total. The van der Waals surface area contributed by atoms with E-state index < -0.39 is 0 Å². The van der Waals surface area contributed by atoms with Crippen LogP contribution in [0.2, 0.25) is 0 Å². The third-order valence-corrected chi connectivity index (χ3v) is 4.51. The van der Waals surface area contributed by atoms with Gasteiger partial charge in [0.25, 0.3) is 5.91 Å². The summed E-state index contributed by atoms with van der Waals surface area (Å²) in [6.07, 6.45) is 2.01. The Balaban J connectivity index is 2.36. The van der Waals surface area contributed by atoms with Crippen molar-refractivity contribution in [1.82, 2.24) is 4.90 Å². The van der Waals surface area contributed by atoms with E-state index in [0.717, 1.165) is 24.1 Å². The summed E-state index contributed by atoms with van der Waals surface area (Å²) < 4.78 is 14.1. The SMILES string of the molecule is CCCCN(CC)C(=O)c1sc2ccc(F)cc2c1N. The van der Waals surface area contributed by atoms with Crippen molar-refractivity contribution in [2.24, 2.45) is 0 Å². The van der Waals surface area contributed by atoms with E-state index in [0.29, 0.717) is 22.5 Å². The predicted molar refractivity (Wildman–Crippen MR) is 82.7 cm³/mol. The van der Waals surface area contributed by atoms with Gasteiger partial charge in [0.1, 0.15) is 10.7 Å². The zero-order chi connectivity index (χ0) is 14.7. The van der Waals surface area contributed by atoms with Crippen LogP contribution >= 0.6 is 11.3 Å². The number of halogens is 1. The molecule has 3 nitrogen and oxygen atoms in total. The molecule has 0 aliphatic heterocycles. The van der Waals surface area contributed by atoms with E-state index in [4.69, 9.17) is 5.73 Å². The Labute approximate surface area is 122 Å². The minimum atomic E-state index is -0.334. The first kappa shape index (κ1) is 14.8. The van der Waals surface area contributed by atoms with Crippen molar-refractivity contribution in [3.8, 4) is 0 Å². The molecule has 20 heavy (non-hydrogen) atoms. The van der Waals surface area contributed by atoms with E-state index in [1.54, 1.807) is 11.0 Å². The first-order chi connectivity index (χ1) is 9.58. The molecule has 1 amide bonds. The number of fused-ring (bicyclic) bond motifs is 1. The van der Waals surface area contributed by atoms with Crippen molar-refractivity contribution in [3.63, 3.8) is 0 Å². The standard InChI is InChI=1S/C15H19FN2OS/c1-3-5-8-18(4-2)15(19)14-13(17)11-9-10(16)6-7-12(11)20-14/h6-7,9H,3-5,8,17H2,1-2H3. The lowest BCUT2D eigenvalue weighted by Gasteiger charge is -2.20. The number of nitrogens with two attached hydrogens (primary N) is 1. The molecule has 0 spiro atoms. The highest BCUT2D eigenvalue weighted by atomic mass is 32.1. The summed E-state index contributed by atoms with van der Waals surface area (Å²) in [5, 5.41) is 0.630. The van der Waals surface area contributed by atoms with Gasteiger partial charge < -0.3 is 10.6 Å². The lowest BCUT2D eigenvalue weighted by Crippen LogP contribution is -2.31. The van der Waals surface area contributed by atoms with Crippen molar-refractivity contribution in [2.45, 2.75) is 26.7 Å². The number of anilines is 1.